The molecule has 0 amide bonds. The highest BCUT2D eigenvalue weighted by Crippen LogP contribution is 2.20. The van der Waals surface area contributed by atoms with Crippen LogP contribution in [0.3, 0.4) is 0 Å². The molecule has 0 bridgehead atoms. The first-order valence-corrected chi connectivity index (χ1v) is 6.32. The summed E-state index contributed by atoms with van der Waals surface area (Å²) in [5.74, 6) is -1.63. The molecule has 1 N–H and O–H groups in total. The molecule has 2 atom stereocenters. The van der Waals surface area contributed by atoms with Crippen LogP contribution in [0.5, 0.6) is 0 Å². The molecule has 19 heavy (non-hydrogen) atoms. The maximum absolute atomic E-state index is 13.4. The summed E-state index contributed by atoms with van der Waals surface area (Å²) in [5, 5.41) is 8.92. The Morgan fingerprint density at radius 2 is 2.26 bits per heavy atom. The molecule has 2 rings (SSSR count). The third kappa shape index (κ3) is 3.30. The van der Waals surface area contributed by atoms with Gasteiger partial charge in [0.1, 0.15) is 5.82 Å². The van der Waals surface area contributed by atoms with Gasteiger partial charge in [-0.25, -0.2) is 9.18 Å². The van der Waals surface area contributed by atoms with Crippen molar-refractivity contribution in [1.29, 1.82) is 0 Å². The normalized spacial score (nSPS) is 22.9. The lowest BCUT2D eigenvalue weighted by Crippen LogP contribution is -2.36. The monoisotopic (exact) mass is 267 g/mol. The van der Waals surface area contributed by atoms with E-state index in [1.54, 1.807) is 0 Å². The molecule has 0 aliphatic carbocycles. The molecule has 1 aromatic rings. The SMILES string of the molecule is CC1OCCC1N(C)Cc1cc(F)cc(C(=O)O)c1. The quantitative estimate of drug-likeness (QED) is 0.908. The lowest BCUT2D eigenvalue weighted by Gasteiger charge is -2.26. The molecule has 1 aliphatic rings. The van der Waals surface area contributed by atoms with Crippen LogP contribution in [0.25, 0.3) is 0 Å². The smallest absolute Gasteiger partial charge is 0.335 e. The first-order chi connectivity index (χ1) is 8.97. The highest BCUT2D eigenvalue weighted by molar-refractivity contribution is 5.87. The number of hydrogen-bond acceptors (Lipinski definition) is 3. The van der Waals surface area contributed by atoms with E-state index in [1.165, 1.54) is 12.1 Å². The van der Waals surface area contributed by atoms with Crippen molar-refractivity contribution in [2.24, 2.45) is 0 Å². The van der Waals surface area contributed by atoms with Gasteiger partial charge in [-0.1, -0.05) is 0 Å². The standard InChI is InChI=1S/C14H18FNO3/c1-9-13(3-4-19-9)16(2)8-10-5-11(14(17)18)7-12(15)6-10/h5-7,9,13H,3-4,8H2,1-2H3,(H,17,18). The predicted molar refractivity (Wildman–Crippen MR) is 68.6 cm³/mol. The largest absolute Gasteiger partial charge is 0.478 e. The Balaban J connectivity index is 2.12. The third-order valence-electron chi connectivity index (χ3n) is 3.54. The van der Waals surface area contributed by atoms with Crippen molar-refractivity contribution < 1.29 is 19.0 Å². The van der Waals surface area contributed by atoms with Crippen molar-refractivity contribution >= 4 is 5.97 Å². The van der Waals surface area contributed by atoms with Crippen LogP contribution in [0.2, 0.25) is 0 Å². The minimum absolute atomic E-state index is 0.0147. The van der Waals surface area contributed by atoms with Gasteiger partial charge < -0.3 is 9.84 Å². The number of ether oxygens (including phenoxy) is 1. The lowest BCUT2D eigenvalue weighted by molar-refractivity contribution is 0.0695. The average molecular weight is 267 g/mol. The minimum atomic E-state index is -1.11. The molecular formula is C14H18FNO3. The van der Waals surface area contributed by atoms with Crippen molar-refractivity contribution in [2.75, 3.05) is 13.7 Å². The van der Waals surface area contributed by atoms with Crippen LogP contribution in [0, 0.1) is 5.82 Å². The van der Waals surface area contributed by atoms with E-state index in [9.17, 15) is 9.18 Å². The van der Waals surface area contributed by atoms with Crippen molar-refractivity contribution in [2.45, 2.75) is 32.0 Å². The van der Waals surface area contributed by atoms with Crippen LogP contribution in [0.4, 0.5) is 4.39 Å². The Morgan fingerprint density at radius 3 is 2.84 bits per heavy atom. The van der Waals surface area contributed by atoms with Crippen LogP contribution in [0.1, 0.15) is 29.3 Å². The topological polar surface area (TPSA) is 49.8 Å². The van der Waals surface area contributed by atoms with Gasteiger partial charge in [0.05, 0.1) is 11.7 Å². The van der Waals surface area contributed by atoms with Crippen molar-refractivity contribution in [1.82, 2.24) is 4.90 Å². The van der Waals surface area contributed by atoms with E-state index in [1.807, 2.05) is 14.0 Å². The first kappa shape index (κ1) is 14.0. The van der Waals surface area contributed by atoms with E-state index in [2.05, 4.69) is 4.90 Å². The third-order valence-corrected chi connectivity index (χ3v) is 3.54. The van der Waals surface area contributed by atoms with E-state index in [0.29, 0.717) is 12.1 Å². The number of aromatic carboxylic acids is 1. The highest BCUT2D eigenvalue weighted by atomic mass is 19.1. The molecule has 1 aliphatic heterocycles. The minimum Gasteiger partial charge on any atom is -0.478 e. The van der Waals surface area contributed by atoms with Gasteiger partial charge in [0, 0.05) is 19.2 Å². The van der Waals surface area contributed by atoms with Gasteiger partial charge in [0.25, 0.3) is 0 Å². The molecule has 5 heteroatoms. The number of rotatable bonds is 4. The van der Waals surface area contributed by atoms with Crippen LogP contribution < -0.4 is 0 Å². The molecular weight excluding hydrogens is 249 g/mol. The Labute approximate surface area is 111 Å². The van der Waals surface area contributed by atoms with Gasteiger partial charge in [0.15, 0.2) is 0 Å². The van der Waals surface area contributed by atoms with Gasteiger partial charge in [-0.05, 0) is 44.2 Å². The molecule has 1 saturated heterocycles. The molecule has 1 heterocycles. The summed E-state index contributed by atoms with van der Waals surface area (Å²) >= 11 is 0. The number of halogens is 1. The number of carboxylic acids is 1. The summed E-state index contributed by atoms with van der Waals surface area (Å²) < 4.78 is 18.9. The summed E-state index contributed by atoms with van der Waals surface area (Å²) in [5.41, 5.74) is 0.651. The molecule has 1 aromatic carbocycles. The van der Waals surface area contributed by atoms with Crippen LogP contribution >= 0.6 is 0 Å². The summed E-state index contributed by atoms with van der Waals surface area (Å²) in [7, 11) is 1.95. The first-order valence-electron chi connectivity index (χ1n) is 6.32. The zero-order valence-corrected chi connectivity index (χ0v) is 11.1. The molecule has 0 saturated carbocycles. The number of benzene rings is 1. The molecule has 0 radical (unpaired) electrons. The van der Waals surface area contributed by atoms with Crippen LogP contribution in [-0.4, -0.2) is 41.8 Å². The second-order valence-electron chi connectivity index (χ2n) is 5.00. The number of nitrogens with zero attached hydrogens (tertiary/aromatic N) is 1. The number of carboxylic acid groups (broad SMARTS) is 1. The van der Waals surface area contributed by atoms with Crippen molar-refractivity contribution in [3.05, 3.63) is 35.1 Å². The number of hydrogen-bond donors (Lipinski definition) is 1. The maximum Gasteiger partial charge on any atom is 0.335 e. The molecule has 0 spiro atoms. The van der Waals surface area contributed by atoms with E-state index < -0.39 is 11.8 Å². The average Bonchev–Trinajstić information content (AvgIpc) is 2.74. The zero-order chi connectivity index (χ0) is 14.0. The summed E-state index contributed by atoms with van der Waals surface area (Å²) in [6, 6.07) is 4.22. The van der Waals surface area contributed by atoms with E-state index in [0.717, 1.165) is 19.1 Å². The second kappa shape index (κ2) is 5.67. The predicted octanol–water partition coefficient (Wildman–Crippen LogP) is 2.13. The van der Waals surface area contributed by atoms with Crippen molar-refractivity contribution in [3.8, 4) is 0 Å². The molecule has 0 aromatic heterocycles. The van der Waals surface area contributed by atoms with Gasteiger partial charge in [-0.3, -0.25) is 4.90 Å². The number of carbonyl (C=O) groups is 1. The summed E-state index contributed by atoms with van der Waals surface area (Å²) in [6.07, 6.45) is 1.09. The zero-order valence-electron chi connectivity index (χ0n) is 11.1. The van der Waals surface area contributed by atoms with Crippen molar-refractivity contribution in [3.63, 3.8) is 0 Å². The molecule has 1 fully saturated rings. The van der Waals surface area contributed by atoms with E-state index in [4.69, 9.17) is 9.84 Å². The lowest BCUT2D eigenvalue weighted by atomic mass is 10.1. The highest BCUT2D eigenvalue weighted by Gasteiger charge is 2.27. The summed E-state index contributed by atoms with van der Waals surface area (Å²) in [4.78, 5) is 13.0. The molecule has 104 valence electrons. The van der Waals surface area contributed by atoms with Gasteiger partial charge >= 0.3 is 5.97 Å². The number of likely N-dealkylation sites (N-methyl/N-ethyl adjacent to an activating group) is 1. The maximum atomic E-state index is 13.4. The van der Waals surface area contributed by atoms with Gasteiger partial charge in [-0.2, -0.15) is 0 Å². The summed E-state index contributed by atoms with van der Waals surface area (Å²) in [6.45, 7) is 3.26. The Morgan fingerprint density at radius 1 is 1.53 bits per heavy atom. The molecule has 2 unspecified atom stereocenters. The van der Waals surface area contributed by atoms with E-state index in [-0.39, 0.29) is 17.7 Å². The van der Waals surface area contributed by atoms with Crippen LogP contribution in [-0.2, 0) is 11.3 Å². The fraction of sp³-hybridized carbons (Fsp3) is 0.500. The van der Waals surface area contributed by atoms with E-state index >= 15 is 0 Å². The van der Waals surface area contributed by atoms with Crippen LogP contribution in [0.15, 0.2) is 18.2 Å². The second-order valence-corrected chi connectivity index (χ2v) is 5.00. The van der Waals surface area contributed by atoms with Gasteiger partial charge in [0.2, 0.25) is 0 Å². The molecule has 4 nitrogen and oxygen atoms in total. The Hall–Kier alpha value is -1.46. The van der Waals surface area contributed by atoms with Gasteiger partial charge in [-0.15, -0.1) is 0 Å². The Bertz CT molecular complexity index is 478. The fourth-order valence-corrected chi connectivity index (χ4v) is 2.57. The Kier molecular flexibility index (Phi) is 4.17. The fourth-order valence-electron chi connectivity index (χ4n) is 2.57.